The molecule has 6 heteroatoms. The maximum Gasteiger partial charge on any atom is 0.255 e. The molecule has 0 radical (unpaired) electrons. The summed E-state index contributed by atoms with van der Waals surface area (Å²) in [7, 11) is 3.48. The van der Waals surface area contributed by atoms with Gasteiger partial charge < -0.3 is 14.4 Å². The van der Waals surface area contributed by atoms with Crippen LogP contribution in [0.1, 0.15) is 34.7 Å². The third kappa shape index (κ3) is 4.68. The predicted octanol–water partition coefficient (Wildman–Crippen LogP) is 4.48. The molecule has 1 amide bonds. The Morgan fingerprint density at radius 3 is 2.54 bits per heavy atom. The molecule has 2 saturated heterocycles. The normalized spacial score (nSPS) is 22.5. The smallest absolute Gasteiger partial charge is 0.255 e. The van der Waals surface area contributed by atoms with Gasteiger partial charge in [0.25, 0.3) is 5.91 Å². The van der Waals surface area contributed by atoms with Gasteiger partial charge in [-0.3, -0.25) is 14.7 Å². The van der Waals surface area contributed by atoms with Gasteiger partial charge in [0.15, 0.2) is 0 Å². The standard InChI is InChI=1S/C29H33N3O3/c1-34-20-26-28(22-13-11-21(12-14-22)24-9-3-4-10-27(24)35-2)25-19-31(16-5-6-17-32(25)26)29(33)23-8-7-15-30-18-23/h3-4,7-15,18,25-26,28H,5-6,16-17,19-20H2,1-2H3/t25-,26-,28-/m1/s1. The Hall–Kier alpha value is -3.22. The Kier molecular flexibility index (Phi) is 7.11. The summed E-state index contributed by atoms with van der Waals surface area (Å²) in [5.74, 6) is 1.25. The molecular weight excluding hydrogens is 438 g/mol. The lowest BCUT2D eigenvalue weighted by Crippen LogP contribution is -2.68. The SMILES string of the molecule is COC[C@@H]1[C@H](c2ccc(-c3ccccc3OC)cc2)[C@H]2CN(C(=O)c3cccnc3)CCCCN12. The monoisotopic (exact) mass is 471 g/mol. The van der Waals surface area contributed by atoms with Gasteiger partial charge in [0.05, 0.1) is 19.3 Å². The number of rotatable bonds is 6. The van der Waals surface area contributed by atoms with Crippen LogP contribution < -0.4 is 4.74 Å². The molecule has 3 atom stereocenters. The summed E-state index contributed by atoms with van der Waals surface area (Å²) in [6.45, 7) is 3.23. The van der Waals surface area contributed by atoms with Crippen molar-refractivity contribution < 1.29 is 14.3 Å². The Morgan fingerprint density at radius 2 is 1.80 bits per heavy atom. The Balaban J connectivity index is 1.41. The number of benzene rings is 2. The van der Waals surface area contributed by atoms with Crippen LogP contribution in [0.15, 0.2) is 73.1 Å². The number of pyridine rings is 1. The fourth-order valence-corrected chi connectivity index (χ4v) is 5.72. The van der Waals surface area contributed by atoms with E-state index in [-0.39, 0.29) is 11.9 Å². The van der Waals surface area contributed by atoms with Crippen LogP contribution in [0.2, 0.25) is 0 Å². The molecule has 35 heavy (non-hydrogen) atoms. The maximum atomic E-state index is 13.3. The minimum atomic E-state index is 0.0698. The van der Waals surface area contributed by atoms with Crippen LogP contribution in [-0.4, -0.2) is 73.2 Å². The van der Waals surface area contributed by atoms with Gasteiger partial charge in [-0.05, 0) is 48.7 Å². The number of hydrogen-bond donors (Lipinski definition) is 0. The molecule has 0 saturated carbocycles. The molecule has 0 bridgehead atoms. The first-order valence-corrected chi connectivity index (χ1v) is 12.4. The molecule has 1 aromatic heterocycles. The Bertz CT molecular complexity index is 1140. The molecule has 3 aromatic rings. The van der Waals surface area contributed by atoms with Gasteiger partial charge in [-0.15, -0.1) is 0 Å². The first-order chi connectivity index (χ1) is 17.2. The number of carbonyl (C=O) groups is 1. The number of nitrogens with zero attached hydrogens (tertiary/aromatic N) is 3. The average Bonchev–Trinajstić information content (AvgIpc) is 2.90. The predicted molar refractivity (Wildman–Crippen MR) is 137 cm³/mol. The zero-order valence-electron chi connectivity index (χ0n) is 20.5. The van der Waals surface area contributed by atoms with Crippen molar-refractivity contribution in [3.8, 4) is 16.9 Å². The van der Waals surface area contributed by atoms with E-state index in [9.17, 15) is 4.79 Å². The van der Waals surface area contributed by atoms with Crippen molar-refractivity contribution in [3.05, 3.63) is 84.2 Å². The van der Waals surface area contributed by atoms with Crippen molar-refractivity contribution >= 4 is 5.91 Å². The maximum absolute atomic E-state index is 13.3. The quantitative estimate of drug-likeness (QED) is 0.531. The summed E-state index contributed by atoms with van der Waals surface area (Å²) < 4.78 is 11.2. The number of para-hydroxylation sites is 1. The number of aromatic nitrogens is 1. The van der Waals surface area contributed by atoms with Crippen molar-refractivity contribution in [2.24, 2.45) is 0 Å². The van der Waals surface area contributed by atoms with Crippen LogP contribution in [0.5, 0.6) is 5.75 Å². The molecule has 0 aliphatic carbocycles. The molecule has 6 nitrogen and oxygen atoms in total. The molecule has 2 aliphatic heterocycles. The topological polar surface area (TPSA) is 54.9 Å². The molecule has 0 unspecified atom stereocenters. The molecule has 0 spiro atoms. The minimum absolute atomic E-state index is 0.0698. The zero-order valence-corrected chi connectivity index (χ0v) is 20.5. The molecule has 2 aromatic carbocycles. The van der Waals surface area contributed by atoms with E-state index in [1.807, 2.05) is 35.2 Å². The van der Waals surface area contributed by atoms with Gasteiger partial charge in [-0.25, -0.2) is 0 Å². The minimum Gasteiger partial charge on any atom is -0.496 e. The van der Waals surface area contributed by atoms with Crippen molar-refractivity contribution in [2.75, 3.05) is 40.5 Å². The van der Waals surface area contributed by atoms with Crippen LogP contribution in [0.3, 0.4) is 0 Å². The fourth-order valence-electron chi connectivity index (χ4n) is 5.72. The van der Waals surface area contributed by atoms with Gasteiger partial charge in [0.1, 0.15) is 5.75 Å². The highest BCUT2D eigenvalue weighted by Crippen LogP contribution is 2.43. The highest BCUT2D eigenvalue weighted by molar-refractivity contribution is 5.93. The van der Waals surface area contributed by atoms with Crippen molar-refractivity contribution in [2.45, 2.75) is 30.8 Å². The fraction of sp³-hybridized carbons (Fsp3) is 0.379. The Labute approximate surface area is 207 Å². The lowest BCUT2D eigenvalue weighted by molar-refractivity contribution is -0.0680. The van der Waals surface area contributed by atoms with Gasteiger partial charge in [-0.1, -0.05) is 42.5 Å². The molecule has 2 fully saturated rings. The lowest BCUT2D eigenvalue weighted by Gasteiger charge is -2.57. The lowest BCUT2D eigenvalue weighted by atomic mass is 9.74. The van der Waals surface area contributed by atoms with Crippen LogP contribution in [0.25, 0.3) is 11.1 Å². The zero-order chi connectivity index (χ0) is 24.2. The van der Waals surface area contributed by atoms with E-state index < -0.39 is 0 Å². The third-order valence-electron chi connectivity index (χ3n) is 7.43. The van der Waals surface area contributed by atoms with Crippen molar-refractivity contribution in [1.29, 1.82) is 0 Å². The number of carbonyl (C=O) groups excluding carboxylic acids is 1. The van der Waals surface area contributed by atoms with E-state index in [2.05, 4.69) is 40.2 Å². The summed E-state index contributed by atoms with van der Waals surface area (Å²) in [5, 5.41) is 0. The van der Waals surface area contributed by atoms with Crippen LogP contribution in [0, 0.1) is 0 Å². The first kappa shape index (κ1) is 23.5. The highest BCUT2D eigenvalue weighted by Gasteiger charge is 2.49. The van der Waals surface area contributed by atoms with Gasteiger partial charge >= 0.3 is 0 Å². The number of ether oxygens (including phenoxy) is 2. The van der Waals surface area contributed by atoms with Crippen molar-refractivity contribution in [3.63, 3.8) is 0 Å². The van der Waals surface area contributed by atoms with E-state index in [0.29, 0.717) is 30.7 Å². The second kappa shape index (κ2) is 10.6. The number of amides is 1. The van der Waals surface area contributed by atoms with Gasteiger partial charge in [-0.2, -0.15) is 0 Å². The molecule has 2 aliphatic rings. The van der Waals surface area contributed by atoms with Crippen LogP contribution in [0.4, 0.5) is 0 Å². The molecule has 0 N–H and O–H groups in total. The summed E-state index contributed by atoms with van der Waals surface area (Å²) in [6, 6.07) is 21.2. The van der Waals surface area contributed by atoms with E-state index in [1.165, 1.54) is 5.56 Å². The summed E-state index contributed by atoms with van der Waals surface area (Å²) in [4.78, 5) is 22.0. The van der Waals surface area contributed by atoms with E-state index >= 15 is 0 Å². The second-order valence-electron chi connectivity index (χ2n) is 9.38. The first-order valence-electron chi connectivity index (χ1n) is 12.4. The third-order valence-corrected chi connectivity index (χ3v) is 7.43. The number of methoxy groups -OCH3 is 2. The highest BCUT2D eigenvalue weighted by atomic mass is 16.5. The van der Waals surface area contributed by atoms with E-state index in [4.69, 9.17) is 9.47 Å². The van der Waals surface area contributed by atoms with Gasteiger partial charge in [0.2, 0.25) is 0 Å². The largest absolute Gasteiger partial charge is 0.496 e. The second-order valence-corrected chi connectivity index (χ2v) is 9.38. The molecular formula is C29H33N3O3. The Morgan fingerprint density at radius 1 is 1.00 bits per heavy atom. The van der Waals surface area contributed by atoms with Crippen LogP contribution >= 0.6 is 0 Å². The van der Waals surface area contributed by atoms with E-state index in [0.717, 1.165) is 42.8 Å². The van der Waals surface area contributed by atoms with E-state index in [1.54, 1.807) is 26.6 Å². The summed E-state index contributed by atoms with van der Waals surface area (Å²) in [6.07, 6.45) is 5.46. The number of hydrogen-bond acceptors (Lipinski definition) is 5. The molecule has 3 heterocycles. The van der Waals surface area contributed by atoms with Gasteiger partial charge in [0, 0.05) is 56.2 Å². The number of fused-ring (bicyclic) bond motifs is 1. The van der Waals surface area contributed by atoms with Crippen LogP contribution in [-0.2, 0) is 4.74 Å². The van der Waals surface area contributed by atoms with Crippen molar-refractivity contribution in [1.82, 2.24) is 14.8 Å². The summed E-state index contributed by atoms with van der Waals surface area (Å²) in [5.41, 5.74) is 4.17. The average molecular weight is 472 g/mol. The molecule has 5 rings (SSSR count). The molecule has 182 valence electrons. The summed E-state index contributed by atoms with van der Waals surface area (Å²) >= 11 is 0.